The SMILES string of the molecule is Cc1cc(=O)oc2cc(OCC(=O)N3CCCCC3)ccc12. The fourth-order valence-corrected chi connectivity index (χ4v) is 2.77. The summed E-state index contributed by atoms with van der Waals surface area (Å²) in [5.74, 6) is 0.539. The molecule has 0 radical (unpaired) electrons. The van der Waals surface area contributed by atoms with E-state index in [1.54, 1.807) is 12.1 Å². The quantitative estimate of drug-likeness (QED) is 0.817. The van der Waals surface area contributed by atoms with E-state index in [4.69, 9.17) is 9.15 Å². The van der Waals surface area contributed by atoms with Gasteiger partial charge in [-0.1, -0.05) is 0 Å². The minimum absolute atomic E-state index is 0.00509. The van der Waals surface area contributed by atoms with Gasteiger partial charge in [-0.25, -0.2) is 4.79 Å². The molecule has 0 spiro atoms. The molecule has 2 aromatic rings. The van der Waals surface area contributed by atoms with Crippen LogP contribution in [0.25, 0.3) is 11.0 Å². The number of piperidine rings is 1. The molecule has 1 aromatic heterocycles. The van der Waals surface area contributed by atoms with Crippen LogP contribution >= 0.6 is 0 Å². The van der Waals surface area contributed by atoms with E-state index >= 15 is 0 Å². The van der Waals surface area contributed by atoms with Crippen LogP contribution in [0.3, 0.4) is 0 Å². The Kier molecular flexibility index (Phi) is 4.13. The first-order valence-corrected chi connectivity index (χ1v) is 7.58. The summed E-state index contributed by atoms with van der Waals surface area (Å²) in [6.45, 7) is 3.50. The number of aryl methyl sites for hydroxylation is 1. The Balaban J connectivity index is 1.71. The van der Waals surface area contributed by atoms with Gasteiger partial charge in [-0.05, 0) is 43.9 Å². The fourth-order valence-electron chi connectivity index (χ4n) is 2.77. The summed E-state index contributed by atoms with van der Waals surface area (Å²) in [4.78, 5) is 25.3. The highest BCUT2D eigenvalue weighted by molar-refractivity contribution is 5.81. The highest BCUT2D eigenvalue weighted by atomic mass is 16.5. The molecule has 2 heterocycles. The molecule has 1 aliphatic heterocycles. The first-order valence-electron chi connectivity index (χ1n) is 7.58. The molecule has 0 unspecified atom stereocenters. The van der Waals surface area contributed by atoms with Crippen LogP contribution in [0.15, 0.2) is 33.5 Å². The van der Waals surface area contributed by atoms with Crippen LogP contribution in [0.4, 0.5) is 0 Å². The molecular weight excluding hydrogens is 282 g/mol. The van der Waals surface area contributed by atoms with Gasteiger partial charge in [0.05, 0.1) is 0 Å². The average molecular weight is 301 g/mol. The minimum atomic E-state index is -0.383. The van der Waals surface area contributed by atoms with Crippen molar-refractivity contribution in [1.29, 1.82) is 0 Å². The van der Waals surface area contributed by atoms with E-state index in [0.717, 1.165) is 36.9 Å². The second-order valence-corrected chi connectivity index (χ2v) is 5.64. The molecule has 1 aliphatic rings. The van der Waals surface area contributed by atoms with Crippen molar-refractivity contribution in [2.24, 2.45) is 0 Å². The largest absolute Gasteiger partial charge is 0.484 e. The summed E-state index contributed by atoms with van der Waals surface area (Å²) in [6.07, 6.45) is 3.31. The Labute approximate surface area is 128 Å². The third-order valence-corrected chi connectivity index (χ3v) is 3.99. The molecule has 0 aliphatic carbocycles. The molecule has 0 bridgehead atoms. The summed E-state index contributed by atoms with van der Waals surface area (Å²) in [5, 5.41) is 0.870. The van der Waals surface area contributed by atoms with Gasteiger partial charge in [0.2, 0.25) is 0 Å². The van der Waals surface area contributed by atoms with Crippen molar-refractivity contribution in [3.05, 3.63) is 40.2 Å². The molecule has 116 valence electrons. The molecule has 1 amide bonds. The zero-order valence-electron chi connectivity index (χ0n) is 12.6. The number of nitrogens with zero attached hydrogens (tertiary/aromatic N) is 1. The summed E-state index contributed by atoms with van der Waals surface area (Å²) in [6, 6.07) is 6.75. The molecule has 0 N–H and O–H groups in total. The molecule has 5 heteroatoms. The lowest BCUT2D eigenvalue weighted by atomic mass is 10.1. The van der Waals surface area contributed by atoms with Crippen LogP contribution in [0.5, 0.6) is 5.75 Å². The van der Waals surface area contributed by atoms with Gasteiger partial charge in [-0.3, -0.25) is 4.79 Å². The molecule has 5 nitrogen and oxygen atoms in total. The second-order valence-electron chi connectivity index (χ2n) is 5.64. The molecule has 0 saturated carbocycles. The number of hydrogen-bond acceptors (Lipinski definition) is 4. The van der Waals surface area contributed by atoms with E-state index in [0.29, 0.717) is 11.3 Å². The van der Waals surface area contributed by atoms with E-state index in [9.17, 15) is 9.59 Å². The Morgan fingerprint density at radius 1 is 1.23 bits per heavy atom. The lowest BCUT2D eigenvalue weighted by molar-refractivity contribution is -0.134. The number of benzene rings is 1. The van der Waals surface area contributed by atoms with Crippen molar-refractivity contribution >= 4 is 16.9 Å². The maximum Gasteiger partial charge on any atom is 0.336 e. The number of ether oxygens (including phenoxy) is 1. The van der Waals surface area contributed by atoms with Crippen LogP contribution in [0.1, 0.15) is 24.8 Å². The smallest absolute Gasteiger partial charge is 0.336 e. The maximum atomic E-state index is 12.1. The van der Waals surface area contributed by atoms with E-state index in [2.05, 4.69) is 0 Å². The number of likely N-dealkylation sites (tertiary alicyclic amines) is 1. The highest BCUT2D eigenvalue weighted by Gasteiger charge is 2.16. The third-order valence-electron chi connectivity index (χ3n) is 3.99. The van der Waals surface area contributed by atoms with Gasteiger partial charge in [0.25, 0.3) is 5.91 Å². The monoisotopic (exact) mass is 301 g/mol. The summed E-state index contributed by atoms with van der Waals surface area (Å²) in [7, 11) is 0. The number of hydrogen-bond donors (Lipinski definition) is 0. The number of carbonyl (C=O) groups excluding carboxylic acids is 1. The summed E-state index contributed by atoms with van der Waals surface area (Å²) < 4.78 is 10.7. The highest BCUT2D eigenvalue weighted by Crippen LogP contribution is 2.22. The van der Waals surface area contributed by atoms with Crippen molar-refractivity contribution in [3.63, 3.8) is 0 Å². The third kappa shape index (κ3) is 3.13. The molecule has 3 rings (SSSR count). The zero-order valence-corrected chi connectivity index (χ0v) is 12.6. The standard InChI is InChI=1S/C17H19NO4/c1-12-9-17(20)22-15-10-13(5-6-14(12)15)21-11-16(19)18-7-3-2-4-8-18/h5-6,9-10H,2-4,7-8,11H2,1H3. The normalized spacial score (nSPS) is 15.0. The van der Waals surface area contributed by atoms with E-state index in [-0.39, 0.29) is 18.1 Å². The van der Waals surface area contributed by atoms with Crippen molar-refractivity contribution in [1.82, 2.24) is 4.90 Å². The van der Waals surface area contributed by atoms with Crippen LogP contribution < -0.4 is 10.4 Å². The van der Waals surface area contributed by atoms with Crippen molar-refractivity contribution < 1.29 is 13.9 Å². The fraction of sp³-hybridized carbons (Fsp3) is 0.412. The number of amides is 1. The lowest BCUT2D eigenvalue weighted by Crippen LogP contribution is -2.38. The lowest BCUT2D eigenvalue weighted by Gasteiger charge is -2.26. The van der Waals surface area contributed by atoms with E-state index in [1.165, 1.54) is 12.5 Å². The van der Waals surface area contributed by atoms with E-state index < -0.39 is 0 Å². The minimum Gasteiger partial charge on any atom is -0.484 e. The van der Waals surface area contributed by atoms with Crippen molar-refractivity contribution in [3.8, 4) is 5.75 Å². The molecule has 22 heavy (non-hydrogen) atoms. The van der Waals surface area contributed by atoms with Crippen molar-refractivity contribution in [2.75, 3.05) is 19.7 Å². The number of fused-ring (bicyclic) bond motifs is 1. The Morgan fingerprint density at radius 3 is 2.77 bits per heavy atom. The molecule has 1 fully saturated rings. The first-order chi connectivity index (χ1) is 10.6. The Hall–Kier alpha value is -2.30. The van der Waals surface area contributed by atoms with Gasteiger partial charge in [-0.2, -0.15) is 0 Å². The predicted molar refractivity (Wildman–Crippen MR) is 83.1 cm³/mol. The molecule has 0 atom stereocenters. The predicted octanol–water partition coefficient (Wildman–Crippen LogP) is 2.49. The number of carbonyl (C=O) groups is 1. The topological polar surface area (TPSA) is 59.8 Å². The van der Waals surface area contributed by atoms with Gasteiger partial charge in [0.1, 0.15) is 11.3 Å². The van der Waals surface area contributed by atoms with Gasteiger partial charge in [0, 0.05) is 30.6 Å². The summed E-state index contributed by atoms with van der Waals surface area (Å²) in [5.41, 5.74) is 0.960. The van der Waals surface area contributed by atoms with Crippen LogP contribution in [0.2, 0.25) is 0 Å². The van der Waals surface area contributed by atoms with Crippen molar-refractivity contribution in [2.45, 2.75) is 26.2 Å². The molecular formula is C17H19NO4. The maximum absolute atomic E-state index is 12.1. The van der Waals surface area contributed by atoms with Gasteiger partial charge in [-0.15, -0.1) is 0 Å². The van der Waals surface area contributed by atoms with Gasteiger partial charge in [0.15, 0.2) is 6.61 Å². The summed E-state index contributed by atoms with van der Waals surface area (Å²) >= 11 is 0. The van der Waals surface area contributed by atoms with Crippen LogP contribution in [0, 0.1) is 6.92 Å². The van der Waals surface area contributed by atoms with Crippen LogP contribution in [-0.4, -0.2) is 30.5 Å². The first kappa shape index (κ1) is 14.6. The second kappa shape index (κ2) is 6.22. The Morgan fingerprint density at radius 2 is 2.00 bits per heavy atom. The molecule has 1 aromatic carbocycles. The zero-order chi connectivity index (χ0) is 15.5. The molecule has 1 saturated heterocycles. The average Bonchev–Trinajstić information content (AvgIpc) is 2.53. The van der Waals surface area contributed by atoms with Gasteiger partial charge < -0.3 is 14.1 Å². The van der Waals surface area contributed by atoms with Crippen LogP contribution in [-0.2, 0) is 4.79 Å². The van der Waals surface area contributed by atoms with E-state index in [1.807, 2.05) is 17.9 Å². The number of rotatable bonds is 3. The Bertz CT molecular complexity index is 744. The van der Waals surface area contributed by atoms with Gasteiger partial charge >= 0.3 is 5.63 Å².